The Morgan fingerprint density at radius 1 is 1.29 bits per heavy atom. The highest BCUT2D eigenvalue weighted by Gasteiger charge is 2.14. The highest BCUT2D eigenvalue weighted by atomic mass is 127. The molecule has 0 radical (unpaired) electrons. The smallest absolute Gasteiger partial charge is 0.142 e. The first-order valence-electron chi connectivity index (χ1n) is 6.50. The predicted molar refractivity (Wildman–Crippen MR) is 96.0 cm³/mol. The number of nitriles is 1. The average molecular weight is 452 g/mol. The van der Waals surface area contributed by atoms with Crippen LogP contribution in [0.5, 0.6) is 0 Å². The molecule has 0 amide bonds. The number of hydrogen-bond donors (Lipinski definition) is 0. The quantitative estimate of drug-likeness (QED) is 0.516. The van der Waals surface area contributed by atoms with Crippen molar-refractivity contribution in [2.75, 3.05) is 0 Å². The Kier molecular flexibility index (Phi) is 4.00. The van der Waals surface area contributed by atoms with E-state index in [4.69, 9.17) is 10.2 Å². The molecule has 3 aromatic rings. The third kappa shape index (κ3) is 2.58. The van der Waals surface area contributed by atoms with Crippen molar-refractivity contribution in [2.24, 2.45) is 0 Å². The van der Waals surface area contributed by atoms with Crippen molar-refractivity contribution in [1.82, 2.24) is 9.55 Å². The Labute approximate surface area is 144 Å². The highest BCUT2D eigenvalue weighted by Crippen LogP contribution is 2.31. The summed E-state index contributed by atoms with van der Waals surface area (Å²) in [5.41, 5.74) is 3.66. The fourth-order valence-corrected chi connectivity index (χ4v) is 3.33. The van der Waals surface area contributed by atoms with Crippen LogP contribution < -0.4 is 0 Å². The van der Waals surface area contributed by atoms with Gasteiger partial charge < -0.3 is 4.57 Å². The molecule has 0 saturated carbocycles. The van der Waals surface area contributed by atoms with Crippen molar-refractivity contribution < 1.29 is 0 Å². The van der Waals surface area contributed by atoms with Gasteiger partial charge in [-0.2, -0.15) is 5.26 Å². The van der Waals surface area contributed by atoms with Gasteiger partial charge in [0.2, 0.25) is 0 Å². The fraction of sp³-hybridized carbons (Fsp3) is 0.125. The minimum atomic E-state index is 0.638. The Morgan fingerprint density at radius 3 is 2.81 bits per heavy atom. The Balaban J connectivity index is 2.32. The van der Waals surface area contributed by atoms with Crippen molar-refractivity contribution in [3.05, 3.63) is 50.0 Å². The van der Waals surface area contributed by atoms with E-state index in [1.165, 1.54) is 0 Å². The lowest BCUT2D eigenvalue weighted by atomic mass is 10.2. The van der Waals surface area contributed by atoms with Crippen LogP contribution in [-0.2, 0) is 6.54 Å². The lowest BCUT2D eigenvalue weighted by Crippen LogP contribution is -1.98. The summed E-state index contributed by atoms with van der Waals surface area (Å²) in [5, 5.41) is 9.04. The van der Waals surface area contributed by atoms with Gasteiger partial charge in [-0.25, -0.2) is 4.98 Å². The van der Waals surface area contributed by atoms with E-state index < -0.39 is 0 Å². The van der Waals surface area contributed by atoms with Gasteiger partial charge in [-0.3, -0.25) is 0 Å². The van der Waals surface area contributed by atoms with Crippen LogP contribution in [0.1, 0.15) is 12.5 Å². The molecule has 0 unspecified atom stereocenters. The zero-order valence-corrected chi connectivity index (χ0v) is 15.0. The van der Waals surface area contributed by atoms with Gasteiger partial charge in [-0.05, 0) is 65.9 Å². The molecule has 3 rings (SSSR count). The van der Waals surface area contributed by atoms with E-state index in [-0.39, 0.29) is 0 Å². The molecule has 21 heavy (non-hydrogen) atoms. The monoisotopic (exact) mass is 451 g/mol. The topological polar surface area (TPSA) is 41.6 Å². The maximum Gasteiger partial charge on any atom is 0.142 e. The van der Waals surface area contributed by atoms with Gasteiger partial charge >= 0.3 is 0 Å². The SMILES string of the molecule is CCn1c(-c2cc(Br)ccc2I)nc2cc(C#N)ccc21. The van der Waals surface area contributed by atoms with Crippen molar-refractivity contribution in [2.45, 2.75) is 13.5 Å². The van der Waals surface area contributed by atoms with Crippen molar-refractivity contribution in [3.63, 3.8) is 0 Å². The Morgan fingerprint density at radius 2 is 2.10 bits per heavy atom. The summed E-state index contributed by atoms with van der Waals surface area (Å²) in [5.74, 6) is 0.938. The summed E-state index contributed by atoms with van der Waals surface area (Å²) < 4.78 is 4.37. The zero-order valence-electron chi connectivity index (χ0n) is 11.3. The van der Waals surface area contributed by atoms with E-state index in [1.807, 2.05) is 24.3 Å². The molecule has 0 fully saturated rings. The molecular weight excluding hydrogens is 441 g/mol. The molecule has 0 N–H and O–H groups in total. The van der Waals surface area contributed by atoms with E-state index in [0.29, 0.717) is 5.56 Å². The number of halogens is 2. The summed E-state index contributed by atoms with van der Waals surface area (Å²) >= 11 is 5.85. The minimum absolute atomic E-state index is 0.638. The minimum Gasteiger partial charge on any atom is -0.324 e. The predicted octanol–water partition coefficient (Wildman–Crippen LogP) is 4.96. The van der Waals surface area contributed by atoms with Gasteiger partial charge in [0.15, 0.2) is 0 Å². The maximum absolute atomic E-state index is 9.04. The van der Waals surface area contributed by atoms with Crippen molar-refractivity contribution >= 4 is 49.6 Å². The Hall–Kier alpha value is -1.39. The number of aryl methyl sites for hydroxylation is 1. The molecule has 0 bridgehead atoms. The normalized spacial score (nSPS) is 10.8. The molecule has 0 atom stereocenters. The molecule has 0 aliphatic carbocycles. The number of benzene rings is 2. The van der Waals surface area contributed by atoms with Crippen LogP contribution >= 0.6 is 38.5 Å². The fourth-order valence-electron chi connectivity index (χ4n) is 2.39. The van der Waals surface area contributed by atoms with E-state index >= 15 is 0 Å². The van der Waals surface area contributed by atoms with E-state index in [9.17, 15) is 0 Å². The number of aromatic nitrogens is 2. The third-order valence-corrected chi connectivity index (χ3v) is 4.80. The second-order valence-corrected chi connectivity index (χ2v) is 6.70. The van der Waals surface area contributed by atoms with Crippen LogP contribution in [0, 0.1) is 14.9 Å². The average Bonchev–Trinajstić information content (AvgIpc) is 2.86. The van der Waals surface area contributed by atoms with Gasteiger partial charge in [-0.1, -0.05) is 15.9 Å². The van der Waals surface area contributed by atoms with Gasteiger partial charge in [0.1, 0.15) is 5.82 Å². The first-order valence-corrected chi connectivity index (χ1v) is 8.37. The van der Waals surface area contributed by atoms with E-state index in [0.717, 1.165) is 37.0 Å². The second-order valence-electron chi connectivity index (χ2n) is 4.62. The van der Waals surface area contributed by atoms with Gasteiger partial charge in [0.05, 0.1) is 22.7 Å². The standard InChI is InChI=1S/C16H11BrIN3/c1-2-21-15-6-3-10(9-19)7-14(15)20-16(21)12-8-11(17)4-5-13(12)18/h3-8H,2H2,1H3. The number of imidazole rings is 1. The van der Waals surface area contributed by atoms with Gasteiger partial charge in [0.25, 0.3) is 0 Å². The molecule has 1 heterocycles. The van der Waals surface area contributed by atoms with E-state index in [2.05, 4.69) is 68.2 Å². The van der Waals surface area contributed by atoms with Crippen LogP contribution in [0.3, 0.4) is 0 Å². The van der Waals surface area contributed by atoms with Crippen LogP contribution in [0.15, 0.2) is 40.9 Å². The van der Waals surface area contributed by atoms with Crippen molar-refractivity contribution in [3.8, 4) is 17.5 Å². The molecule has 0 saturated heterocycles. The molecule has 3 nitrogen and oxygen atoms in total. The zero-order chi connectivity index (χ0) is 15.0. The molecule has 1 aromatic heterocycles. The van der Waals surface area contributed by atoms with E-state index in [1.54, 1.807) is 0 Å². The van der Waals surface area contributed by atoms with Crippen LogP contribution in [0.4, 0.5) is 0 Å². The number of rotatable bonds is 2. The lowest BCUT2D eigenvalue weighted by Gasteiger charge is -2.08. The summed E-state index contributed by atoms with van der Waals surface area (Å²) in [6, 6.07) is 14.0. The molecule has 0 aliphatic heterocycles. The third-order valence-electron chi connectivity index (χ3n) is 3.36. The summed E-state index contributed by atoms with van der Waals surface area (Å²) in [4.78, 5) is 4.75. The Bertz CT molecular complexity index is 877. The second kappa shape index (κ2) is 5.78. The summed E-state index contributed by atoms with van der Waals surface area (Å²) in [6.07, 6.45) is 0. The molecular formula is C16H11BrIN3. The summed E-state index contributed by atoms with van der Waals surface area (Å²) in [6.45, 7) is 2.94. The first-order chi connectivity index (χ1) is 10.1. The van der Waals surface area contributed by atoms with Gasteiger partial charge in [-0.15, -0.1) is 0 Å². The number of fused-ring (bicyclic) bond motifs is 1. The molecule has 0 aliphatic rings. The number of nitrogens with zero attached hydrogens (tertiary/aromatic N) is 3. The number of hydrogen-bond acceptors (Lipinski definition) is 2. The molecule has 0 spiro atoms. The van der Waals surface area contributed by atoms with Crippen LogP contribution in [0.25, 0.3) is 22.4 Å². The van der Waals surface area contributed by atoms with Crippen LogP contribution in [0.2, 0.25) is 0 Å². The largest absolute Gasteiger partial charge is 0.324 e. The lowest BCUT2D eigenvalue weighted by molar-refractivity contribution is 0.796. The first kappa shape index (κ1) is 14.5. The maximum atomic E-state index is 9.04. The van der Waals surface area contributed by atoms with Crippen LogP contribution in [-0.4, -0.2) is 9.55 Å². The molecule has 5 heteroatoms. The highest BCUT2D eigenvalue weighted by molar-refractivity contribution is 14.1. The summed E-state index contributed by atoms with van der Waals surface area (Å²) in [7, 11) is 0. The molecule has 2 aromatic carbocycles. The van der Waals surface area contributed by atoms with Crippen molar-refractivity contribution in [1.29, 1.82) is 5.26 Å². The molecule has 104 valence electrons. The van der Waals surface area contributed by atoms with Gasteiger partial charge in [0, 0.05) is 20.2 Å².